The van der Waals surface area contributed by atoms with Crippen molar-refractivity contribution >= 4 is 0 Å². The SMILES string of the molecule is C[C@]1(O)OC[C@@H](O)[C@@H](O)[C]1O. The summed E-state index contributed by atoms with van der Waals surface area (Å²) in [6.45, 7) is 0.996. The molecule has 4 N–H and O–H groups in total. The summed E-state index contributed by atoms with van der Waals surface area (Å²) in [4.78, 5) is 0. The zero-order valence-electron chi connectivity index (χ0n) is 6.06. The fourth-order valence-corrected chi connectivity index (χ4v) is 0.869. The molecule has 0 aromatic heterocycles. The van der Waals surface area contributed by atoms with Gasteiger partial charge in [-0.15, -0.1) is 0 Å². The minimum Gasteiger partial charge on any atom is -0.388 e. The topological polar surface area (TPSA) is 90.2 Å². The van der Waals surface area contributed by atoms with Gasteiger partial charge in [0.2, 0.25) is 0 Å². The molecular weight excluding hydrogens is 152 g/mol. The Bertz CT molecular complexity index is 146. The Kier molecular flexibility index (Phi) is 2.17. The minimum absolute atomic E-state index is 0.196. The van der Waals surface area contributed by atoms with Crippen LogP contribution in [0.4, 0.5) is 0 Å². The normalized spacial score (nSPS) is 47.7. The summed E-state index contributed by atoms with van der Waals surface area (Å²) in [5.41, 5.74) is 0. The zero-order valence-corrected chi connectivity index (χ0v) is 6.06. The molecule has 1 fully saturated rings. The fraction of sp³-hybridized carbons (Fsp3) is 0.833. The van der Waals surface area contributed by atoms with E-state index in [0.29, 0.717) is 0 Å². The van der Waals surface area contributed by atoms with Crippen LogP contribution in [-0.4, -0.2) is 45.0 Å². The Morgan fingerprint density at radius 2 is 2.09 bits per heavy atom. The van der Waals surface area contributed by atoms with E-state index >= 15 is 0 Å². The summed E-state index contributed by atoms with van der Waals surface area (Å²) in [5, 5.41) is 36.1. The van der Waals surface area contributed by atoms with Gasteiger partial charge >= 0.3 is 0 Å². The molecule has 1 rings (SSSR count). The molecule has 1 heterocycles. The Balaban J connectivity index is 2.67. The average molecular weight is 163 g/mol. The number of rotatable bonds is 0. The summed E-state index contributed by atoms with van der Waals surface area (Å²) in [5.74, 6) is -1.85. The molecule has 0 amide bonds. The lowest BCUT2D eigenvalue weighted by atomic mass is 9.98. The van der Waals surface area contributed by atoms with Crippen molar-refractivity contribution < 1.29 is 25.2 Å². The number of hydrogen-bond donors (Lipinski definition) is 4. The smallest absolute Gasteiger partial charge is 0.198 e. The van der Waals surface area contributed by atoms with E-state index in [-0.39, 0.29) is 6.61 Å². The Morgan fingerprint density at radius 3 is 2.55 bits per heavy atom. The second-order valence-corrected chi connectivity index (χ2v) is 2.69. The largest absolute Gasteiger partial charge is 0.388 e. The minimum atomic E-state index is -1.85. The van der Waals surface area contributed by atoms with Crippen LogP contribution in [0.5, 0.6) is 0 Å². The highest BCUT2D eigenvalue weighted by molar-refractivity contribution is 5.02. The van der Waals surface area contributed by atoms with Gasteiger partial charge in [0, 0.05) is 0 Å². The highest BCUT2D eigenvalue weighted by Crippen LogP contribution is 2.28. The maximum absolute atomic E-state index is 9.15. The first-order valence-corrected chi connectivity index (χ1v) is 3.24. The molecule has 0 unspecified atom stereocenters. The van der Waals surface area contributed by atoms with Gasteiger partial charge in [0.05, 0.1) is 6.61 Å². The molecule has 65 valence electrons. The molecule has 1 saturated heterocycles. The first-order chi connectivity index (χ1) is 4.95. The molecular formula is C6H11O5. The van der Waals surface area contributed by atoms with Crippen molar-refractivity contribution in [1.29, 1.82) is 0 Å². The molecule has 0 aromatic rings. The second kappa shape index (κ2) is 2.69. The summed E-state index contributed by atoms with van der Waals surface area (Å²) in [6.07, 6.45) is -3.26. The molecule has 3 atom stereocenters. The predicted molar refractivity (Wildman–Crippen MR) is 33.8 cm³/mol. The number of ether oxygens (including phenoxy) is 1. The van der Waals surface area contributed by atoms with Crippen LogP contribution in [0.2, 0.25) is 0 Å². The third-order valence-corrected chi connectivity index (χ3v) is 1.66. The maximum Gasteiger partial charge on any atom is 0.198 e. The van der Waals surface area contributed by atoms with Gasteiger partial charge < -0.3 is 25.2 Å². The van der Waals surface area contributed by atoms with Gasteiger partial charge in [-0.1, -0.05) is 0 Å². The van der Waals surface area contributed by atoms with E-state index in [1.165, 1.54) is 6.92 Å². The van der Waals surface area contributed by atoms with Crippen LogP contribution >= 0.6 is 0 Å². The van der Waals surface area contributed by atoms with E-state index in [0.717, 1.165) is 0 Å². The lowest BCUT2D eigenvalue weighted by molar-refractivity contribution is -0.270. The Hall–Kier alpha value is -0.200. The van der Waals surface area contributed by atoms with Crippen LogP contribution in [0, 0.1) is 6.10 Å². The highest BCUT2D eigenvalue weighted by atomic mass is 16.6. The maximum atomic E-state index is 9.15. The number of aliphatic hydroxyl groups excluding tert-OH is 3. The average Bonchev–Trinajstić information content (AvgIpc) is 1.95. The van der Waals surface area contributed by atoms with E-state index in [1.807, 2.05) is 0 Å². The monoisotopic (exact) mass is 163 g/mol. The first-order valence-electron chi connectivity index (χ1n) is 3.24. The second-order valence-electron chi connectivity index (χ2n) is 2.69. The first kappa shape index (κ1) is 8.89. The van der Waals surface area contributed by atoms with Gasteiger partial charge in [-0.2, -0.15) is 0 Å². The predicted octanol–water partition coefficient (Wildman–Crippen LogP) is -1.65. The Labute approximate surface area is 63.8 Å². The quantitative estimate of drug-likeness (QED) is 0.343. The van der Waals surface area contributed by atoms with E-state index in [1.54, 1.807) is 0 Å². The van der Waals surface area contributed by atoms with Crippen LogP contribution < -0.4 is 0 Å². The van der Waals surface area contributed by atoms with Gasteiger partial charge in [0.15, 0.2) is 11.9 Å². The van der Waals surface area contributed by atoms with Crippen molar-refractivity contribution in [2.75, 3.05) is 6.61 Å². The van der Waals surface area contributed by atoms with Crippen LogP contribution in [-0.2, 0) is 4.74 Å². The van der Waals surface area contributed by atoms with Gasteiger partial charge in [-0.05, 0) is 6.92 Å². The molecule has 1 radical (unpaired) electrons. The number of hydrogen-bond acceptors (Lipinski definition) is 5. The Morgan fingerprint density at radius 1 is 1.55 bits per heavy atom. The van der Waals surface area contributed by atoms with E-state index in [9.17, 15) is 0 Å². The van der Waals surface area contributed by atoms with Crippen molar-refractivity contribution in [2.45, 2.75) is 24.9 Å². The van der Waals surface area contributed by atoms with Gasteiger partial charge in [-0.25, -0.2) is 0 Å². The van der Waals surface area contributed by atoms with Gasteiger partial charge in [-0.3, -0.25) is 0 Å². The van der Waals surface area contributed by atoms with Crippen molar-refractivity contribution in [1.82, 2.24) is 0 Å². The van der Waals surface area contributed by atoms with Crippen molar-refractivity contribution in [2.24, 2.45) is 0 Å². The lowest BCUT2D eigenvalue weighted by Crippen LogP contribution is -2.54. The van der Waals surface area contributed by atoms with E-state index < -0.39 is 24.1 Å². The van der Waals surface area contributed by atoms with Crippen molar-refractivity contribution in [3.63, 3.8) is 0 Å². The molecule has 1 aliphatic heterocycles. The fourth-order valence-electron chi connectivity index (χ4n) is 0.869. The van der Waals surface area contributed by atoms with Crippen molar-refractivity contribution in [3.05, 3.63) is 6.10 Å². The van der Waals surface area contributed by atoms with Crippen LogP contribution in [0.15, 0.2) is 0 Å². The summed E-state index contributed by atoms with van der Waals surface area (Å²) in [6, 6.07) is 0. The zero-order chi connectivity index (χ0) is 8.65. The molecule has 1 aliphatic rings. The van der Waals surface area contributed by atoms with E-state index in [4.69, 9.17) is 20.4 Å². The summed E-state index contributed by atoms with van der Waals surface area (Å²) < 4.78 is 4.62. The summed E-state index contributed by atoms with van der Waals surface area (Å²) in [7, 11) is 0. The molecule has 0 saturated carbocycles. The molecule has 0 spiro atoms. The van der Waals surface area contributed by atoms with Crippen LogP contribution in [0.1, 0.15) is 6.92 Å². The van der Waals surface area contributed by atoms with Gasteiger partial charge in [0.25, 0.3) is 0 Å². The molecule has 5 nitrogen and oxygen atoms in total. The van der Waals surface area contributed by atoms with Gasteiger partial charge in [0.1, 0.15) is 12.2 Å². The molecule has 0 aromatic carbocycles. The van der Waals surface area contributed by atoms with E-state index in [2.05, 4.69) is 4.74 Å². The van der Waals surface area contributed by atoms with Crippen LogP contribution in [0.3, 0.4) is 0 Å². The lowest BCUT2D eigenvalue weighted by Gasteiger charge is -2.38. The molecule has 11 heavy (non-hydrogen) atoms. The molecule has 0 bridgehead atoms. The highest BCUT2D eigenvalue weighted by Gasteiger charge is 2.46. The number of aliphatic hydroxyl groups is 4. The van der Waals surface area contributed by atoms with Crippen LogP contribution in [0.25, 0.3) is 0 Å². The third-order valence-electron chi connectivity index (χ3n) is 1.66. The standard InChI is InChI=1S/C6H11O5/c1-6(10)5(9)4(8)3(7)2-11-6/h3-4,7-10H,2H2,1H3/t3-,4-,6+/m1/s1. The molecule has 0 aliphatic carbocycles. The molecule has 5 heteroatoms. The van der Waals surface area contributed by atoms with Crippen molar-refractivity contribution in [3.8, 4) is 0 Å². The summed E-state index contributed by atoms with van der Waals surface area (Å²) >= 11 is 0. The third kappa shape index (κ3) is 1.52.